The molecule has 4 heteroatoms. The fourth-order valence-electron chi connectivity index (χ4n) is 3.20. The smallest absolute Gasteiger partial charge is 0.129 e. The van der Waals surface area contributed by atoms with Gasteiger partial charge in [-0.1, -0.05) is 70.6 Å². The molecule has 0 N–H and O–H groups in total. The van der Waals surface area contributed by atoms with Crippen LogP contribution in [0.25, 0.3) is 0 Å². The van der Waals surface area contributed by atoms with Crippen molar-refractivity contribution in [1.29, 1.82) is 0 Å². The van der Waals surface area contributed by atoms with E-state index in [4.69, 9.17) is 18.9 Å². The Labute approximate surface area is 183 Å². The number of methoxy groups -OCH3 is 3. The number of hydrogen-bond acceptors (Lipinski definition) is 4. The van der Waals surface area contributed by atoms with E-state index in [0.717, 1.165) is 29.9 Å². The zero-order chi connectivity index (χ0) is 22.0. The number of allylic oxidation sites excluding steroid dienone is 2. The molecule has 0 bridgehead atoms. The Bertz CT molecular complexity index is 644. The molecule has 0 aliphatic carbocycles. The average Bonchev–Trinajstić information content (AvgIpc) is 2.78. The third-order valence-corrected chi connectivity index (χ3v) is 5.03. The van der Waals surface area contributed by atoms with E-state index < -0.39 is 0 Å². The maximum Gasteiger partial charge on any atom is 0.129 e. The lowest BCUT2D eigenvalue weighted by Gasteiger charge is -2.14. The van der Waals surface area contributed by atoms with Gasteiger partial charge in [0.1, 0.15) is 17.3 Å². The fourth-order valence-corrected chi connectivity index (χ4v) is 3.20. The molecule has 0 heterocycles. The second kappa shape index (κ2) is 16.4. The summed E-state index contributed by atoms with van der Waals surface area (Å²) in [5.41, 5.74) is 2.00. The molecular formula is C26H40O4. The lowest BCUT2D eigenvalue weighted by Crippen LogP contribution is -2.02. The Hall–Kier alpha value is -2.36. The third kappa shape index (κ3) is 10.4. The number of benzene rings is 1. The van der Waals surface area contributed by atoms with Gasteiger partial charge in [-0.05, 0) is 24.1 Å². The van der Waals surface area contributed by atoms with Crippen molar-refractivity contribution in [3.05, 3.63) is 65.8 Å². The van der Waals surface area contributed by atoms with Crippen LogP contribution in [0.4, 0.5) is 0 Å². The summed E-state index contributed by atoms with van der Waals surface area (Å²) in [6.07, 6.45) is 14.4. The van der Waals surface area contributed by atoms with Crippen molar-refractivity contribution < 1.29 is 18.9 Å². The van der Waals surface area contributed by atoms with Crippen molar-refractivity contribution in [2.45, 2.75) is 64.7 Å². The van der Waals surface area contributed by atoms with Crippen LogP contribution in [-0.4, -0.2) is 27.9 Å². The summed E-state index contributed by atoms with van der Waals surface area (Å²) in [6, 6.07) is 8.17. The van der Waals surface area contributed by atoms with E-state index in [0.29, 0.717) is 17.9 Å². The lowest BCUT2D eigenvalue weighted by molar-refractivity contribution is 0.272. The van der Waals surface area contributed by atoms with E-state index in [-0.39, 0.29) is 0 Å². The van der Waals surface area contributed by atoms with Crippen molar-refractivity contribution in [3.63, 3.8) is 0 Å². The molecule has 1 aromatic carbocycles. The van der Waals surface area contributed by atoms with Crippen LogP contribution >= 0.6 is 0 Å². The highest BCUT2D eigenvalue weighted by Gasteiger charge is 2.12. The number of rotatable bonds is 17. The van der Waals surface area contributed by atoms with Crippen molar-refractivity contribution >= 4 is 0 Å². The average molecular weight is 417 g/mol. The minimum Gasteiger partial charge on any atom is -0.504 e. The van der Waals surface area contributed by atoms with Crippen molar-refractivity contribution in [1.82, 2.24) is 0 Å². The maximum absolute atomic E-state index is 5.89. The molecule has 1 aromatic rings. The second-order valence-corrected chi connectivity index (χ2v) is 7.36. The SMILES string of the molecule is C=C(OC)/C(Cc1ccc(OCCCCCCCCCC)cc1)=C(\C=C\OC)OC. The molecule has 0 amide bonds. The van der Waals surface area contributed by atoms with Gasteiger partial charge in [-0.2, -0.15) is 0 Å². The molecule has 0 aliphatic heterocycles. The van der Waals surface area contributed by atoms with Gasteiger partial charge in [0.25, 0.3) is 0 Å². The Balaban J connectivity index is 2.51. The number of hydrogen-bond donors (Lipinski definition) is 0. The molecule has 0 saturated carbocycles. The van der Waals surface area contributed by atoms with Crippen LogP contribution in [0.5, 0.6) is 5.75 Å². The molecule has 0 fully saturated rings. The van der Waals surface area contributed by atoms with Crippen LogP contribution < -0.4 is 4.74 Å². The Morgan fingerprint density at radius 3 is 2.07 bits per heavy atom. The first-order chi connectivity index (χ1) is 14.7. The molecule has 1 rings (SSSR count). The van der Waals surface area contributed by atoms with Gasteiger partial charge in [0.2, 0.25) is 0 Å². The van der Waals surface area contributed by atoms with E-state index >= 15 is 0 Å². The largest absolute Gasteiger partial charge is 0.504 e. The van der Waals surface area contributed by atoms with Crippen LogP contribution in [0.15, 0.2) is 60.3 Å². The summed E-state index contributed by atoms with van der Waals surface area (Å²) in [5, 5.41) is 0. The summed E-state index contributed by atoms with van der Waals surface area (Å²) in [5.74, 6) is 2.14. The Kier molecular flexibility index (Phi) is 14.1. The summed E-state index contributed by atoms with van der Waals surface area (Å²) in [6.45, 7) is 7.02. The number of unbranched alkanes of at least 4 members (excludes halogenated alkanes) is 7. The molecule has 0 atom stereocenters. The van der Waals surface area contributed by atoms with Gasteiger partial charge in [-0.3, -0.25) is 0 Å². The van der Waals surface area contributed by atoms with Crippen molar-refractivity contribution in [2.24, 2.45) is 0 Å². The maximum atomic E-state index is 5.89. The molecule has 0 aliphatic rings. The highest BCUT2D eigenvalue weighted by atomic mass is 16.5. The zero-order valence-electron chi connectivity index (χ0n) is 19.4. The summed E-state index contributed by atoms with van der Waals surface area (Å²) in [7, 11) is 4.83. The lowest BCUT2D eigenvalue weighted by atomic mass is 10.0. The summed E-state index contributed by atoms with van der Waals surface area (Å²) < 4.78 is 21.7. The molecule has 0 saturated heterocycles. The van der Waals surface area contributed by atoms with E-state index in [1.807, 2.05) is 12.1 Å². The van der Waals surface area contributed by atoms with Crippen LogP contribution in [0.3, 0.4) is 0 Å². The van der Waals surface area contributed by atoms with Crippen LogP contribution in [0.1, 0.15) is 63.9 Å². The van der Waals surface area contributed by atoms with Gasteiger partial charge in [-0.25, -0.2) is 0 Å². The van der Waals surface area contributed by atoms with E-state index in [9.17, 15) is 0 Å². The van der Waals surface area contributed by atoms with E-state index in [1.54, 1.807) is 33.7 Å². The summed E-state index contributed by atoms with van der Waals surface area (Å²) >= 11 is 0. The van der Waals surface area contributed by atoms with Crippen LogP contribution in [0, 0.1) is 0 Å². The van der Waals surface area contributed by atoms with Gasteiger partial charge in [0, 0.05) is 18.1 Å². The minimum absolute atomic E-state index is 0.572. The van der Waals surface area contributed by atoms with Crippen LogP contribution in [-0.2, 0) is 20.6 Å². The topological polar surface area (TPSA) is 36.9 Å². The molecule has 4 nitrogen and oxygen atoms in total. The number of ether oxygens (including phenoxy) is 4. The first-order valence-electron chi connectivity index (χ1n) is 11.1. The first kappa shape index (κ1) is 25.7. The molecule has 0 unspecified atom stereocenters. The van der Waals surface area contributed by atoms with Gasteiger partial charge in [0.05, 0.1) is 34.2 Å². The molecular weight excluding hydrogens is 376 g/mol. The molecule has 168 valence electrons. The minimum atomic E-state index is 0.572. The molecule has 0 radical (unpaired) electrons. The molecule has 0 aromatic heterocycles. The third-order valence-electron chi connectivity index (χ3n) is 5.03. The monoisotopic (exact) mass is 416 g/mol. The predicted molar refractivity (Wildman–Crippen MR) is 125 cm³/mol. The fraction of sp³-hybridized carbons (Fsp3) is 0.538. The molecule has 0 spiro atoms. The van der Waals surface area contributed by atoms with Crippen molar-refractivity contribution in [2.75, 3.05) is 27.9 Å². The predicted octanol–water partition coefficient (Wildman–Crippen LogP) is 6.97. The van der Waals surface area contributed by atoms with E-state index in [2.05, 4.69) is 25.6 Å². The van der Waals surface area contributed by atoms with Gasteiger partial charge in [-0.15, -0.1) is 0 Å². The standard InChI is InChI=1S/C26H40O4/c1-6-7-8-9-10-11-12-13-19-30-24-16-14-23(15-17-24)21-25(22(2)28-4)26(29-5)18-20-27-3/h14-18,20H,2,6-13,19,21H2,1,3-5H3/b20-18+,26-25+. The van der Waals surface area contributed by atoms with Crippen LogP contribution in [0.2, 0.25) is 0 Å². The second-order valence-electron chi connectivity index (χ2n) is 7.36. The quantitative estimate of drug-likeness (QED) is 0.156. The molecule has 30 heavy (non-hydrogen) atoms. The summed E-state index contributed by atoms with van der Waals surface area (Å²) in [4.78, 5) is 0. The zero-order valence-corrected chi connectivity index (χ0v) is 19.4. The van der Waals surface area contributed by atoms with E-state index in [1.165, 1.54) is 44.9 Å². The van der Waals surface area contributed by atoms with Gasteiger partial charge in [0.15, 0.2) is 0 Å². The Morgan fingerprint density at radius 1 is 0.867 bits per heavy atom. The first-order valence-corrected chi connectivity index (χ1v) is 11.1. The normalized spacial score (nSPS) is 11.9. The van der Waals surface area contributed by atoms with Gasteiger partial charge < -0.3 is 18.9 Å². The highest BCUT2D eigenvalue weighted by molar-refractivity contribution is 5.38. The Morgan fingerprint density at radius 2 is 1.50 bits per heavy atom. The van der Waals surface area contributed by atoms with Crippen molar-refractivity contribution in [3.8, 4) is 5.75 Å². The highest BCUT2D eigenvalue weighted by Crippen LogP contribution is 2.23. The van der Waals surface area contributed by atoms with Gasteiger partial charge >= 0.3 is 0 Å².